The number of anilines is 3. The topological polar surface area (TPSA) is 92.4 Å². The van der Waals surface area contributed by atoms with Gasteiger partial charge in [-0.05, 0) is 38.1 Å². The van der Waals surface area contributed by atoms with E-state index < -0.39 is 15.1 Å². The van der Waals surface area contributed by atoms with Gasteiger partial charge in [0.05, 0.1) is 22.0 Å². The molecule has 0 atom stereocenters. The van der Waals surface area contributed by atoms with Gasteiger partial charge in [0.25, 0.3) is 0 Å². The first-order valence-corrected chi connectivity index (χ1v) is 11.9. The lowest BCUT2D eigenvalue weighted by Crippen LogP contribution is -2.47. The summed E-state index contributed by atoms with van der Waals surface area (Å²) < 4.78 is 24.7. The number of para-hydroxylation sites is 1. The summed E-state index contributed by atoms with van der Waals surface area (Å²) in [5, 5.41) is -0.462. The van der Waals surface area contributed by atoms with E-state index in [9.17, 15) is 8.42 Å². The van der Waals surface area contributed by atoms with Crippen molar-refractivity contribution in [3.63, 3.8) is 0 Å². The minimum Gasteiger partial charge on any atom is -0.381 e. The molecule has 162 valence electrons. The summed E-state index contributed by atoms with van der Waals surface area (Å²) in [6, 6.07) is 17.1. The van der Waals surface area contributed by atoms with Crippen LogP contribution in [-0.2, 0) is 9.84 Å². The van der Waals surface area contributed by atoms with Crippen LogP contribution in [0.5, 0.6) is 0 Å². The van der Waals surface area contributed by atoms with Gasteiger partial charge >= 0.3 is 0 Å². The molecular formula is C23H27N5O2S. The Balaban J connectivity index is 1.53. The first-order valence-electron chi connectivity index (χ1n) is 10.4. The molecule has 0 radical (unpaired) electrons. The molecule has 2 aromatic carbocycles. The Morgan fingerprint density at radius 2 is 1.52 bits per heavy atom. The van der Waals surface area contributed by atoms with E-state index in [0.29, 0.717) is 22.2 Å². The van der Waals surface area contributed by atoms with Crippen LogP contribution in [0.15, 0.2) is 65.7 Å². The Morgan fingerprint density at radius 3 is 2.13 bits per heavy atom. The maximum absolute atomic E-state index is 12.4. The van der Waals surface area contributed by atoms with E-state index in [1.165, 1.54) is 5.69 Å². The zero-order valence-corrected chi connectivity index (χ0v) is 18.6. The zero-order valence-electron chi connectivity index (χ0n) is 17.8. The second-order valence-electron chi connectivity index (χ2n) is 7.89. The molecule has 1 saturated heterocycles. The van der Waals surface area contributed by atoms with Crippen LogP contribution in [0.25, 0.3) is 11.3 Å². The molecule has 3 aromatic rings. The van der Waals surface area contributed by atoms with Gasteiger partial charge in [-0.2, -0.15) is 0 Å². The molecule has 4 rings (SSSR count). The molecule has 0 saturated carbocycles. The number of hydrogen-bond acceptors (Lipinski definition) is 7. The Hall–Kier alpha value is -3.13. The summed E-state index contributed by atoms with van der Waals surface area (Å²) in [6.45, 7) is 6.69. The number of nitrogens with two attached hydrogens (primary N) is 1. The fraction of sp³-hybridized carbons (Fsp3) is 0.304. The lowest BCUT2D eigenvalue weighted by molar-refractivity contribution is 0.587. The van der Waals surface area contributed by atoms with Gasteiger partial charge < -0.3 is 15.5 Å². The minimum absolute atomic E-state index is 0.312. The van der Waals surface area contributed by atoms with Crippen LogP contribution in [0.3, 0.4) is 0 Å². The zero-order chi connectivity index (χ0) is 22.0. The molecule has 2 N–H and O–H groups in total. The monoisotopic (exact) mass is 437 g/mol. The highest BCUT2D eigenvalue weighted by Crippen LogP contribution is 2.27. The summed E-state index contributed by atoms with van der Waals surface area (Å²) in [5.74, 6) is 1.07. The van der Waals surface area contributed by atoms with Gasteiger partial charge in [0.15, 0.2) is 21.5 Å². The van der Waals surface area contributed by atoms with Crippen LogP contribution in [0.2, 0.25) is 0 Å². The van der Waals surface area contributed by atoms with Crippen LogP contribution in [-0.4, -0.2) is 49.8 Å². The van der Waals surface area contributed by atoms with Crippen LogP contribution in [0.4, 0.5) is 17.3 Å². The molecule has 1 aliphatic rings. The predicted octanol–water partition coefficient (Wildman–Crippen LogP) is 3.23. The minimum atomic E-state index is -3.30. The molecule has 2 heterocycles. The van der Waals surface area contributed by atoms with Gasteiger partial charge in [0, 0.05) is 37.4 Å². The Morgan fingerprint density at radius 1 is 0.903 bits per heavy atom. The average molecular weight is 438 g/mol. The second-order valence-corrected chi connectivity index (χ2v) is 10.4. The Kier molecular flexibility index (Phi) is 5.82. The van der Waals surface area contributed by atoms with E-state index in [1.807, 2.05) is 18.2 Å². The molecule has 0 spiro atoms. The largest absolute Gasteiger partial charge is 0.381 e. The summed E-state index contributed by atoms with van der Waals surface area (Å²) in [7, 11) is -3.30. The normalized spacial score (nSPS) is 14.8. The average Bonchev–Trinajstić information content (AvgIpc) is 2.80. The van der Waals surface area contributed by atoms with Gasteiger partial charge in [0.2, 0.25) is 0 Å². The van der Waals surface area contributed by atoms with Gasteiger partial charge in [-0.15, -0.1) is 0 Å². The van der Waals surface area contributed by atoms with Crippen LogP contribution in [0, 0.1) is 0 Å². The number of nitrogen functional groups attached to an aromatic ring is 1. The second kappa shape index (κ2) is 8.55. The van der Waals surface area contributed by atoms with E-state index in [0.717, 1.165) is 31.7 Å². The van der Waals surface area contributed by atoms with Gasteiger partial charge in [-0.3, -0.25) is 0 Å². The van der Waals surface area contributed by atoms with E-state index in [1.54, 1.807) is 44.3 Å². The summed E-state index contributed by atoms with van der Waals surface area (Å²) in [4.78, 5) is 13.9. The Bertz CT molecular complexity index is 1140. The smallest absolute Gasteiger partial charge is 0.180 e. The van der Waals surface area contributed by atoms with Gasteiger partial charge in [-0.25, -0.2) is 18.4 Å². The summed E-state index contributed by atoms with van der Waals surface area (Å²) >= 11 is 0. The SMILES string of the molecule is CC(C)S(=O)(=O)c1ccc(-c2cnc(N)c(N3CCN(c4ccccc4)CC3)n2)cc1. The molecule has 0 unspecified atom stereocenters. The van der Waals surface area contributed by atoms with E-state index >= 15 is 0 Å². The van der Waals surface area contributed by atoms with E-state index in [4.69, 9.17) is 10.7 Å². The van der Waals surface area contributed by atoms with Crippen molar-refractivity contribution < 1.29 is 8.42 Å². The molecule has 1 aliphatic heterocycles. The summed E-state index contributed by atoms with van der Waals surface area (Å²) in [6.07, 6.45) is 1.63. The van der Waals surface area contributed by atoms with E-state index in [2.05, 4.69) is 26.9 Å². The third-order valence-electron chi connectivity index (χ3n) is 5.58. The third-order valence-corrected chi connectivity index (χ3v) is 7.75. The Labute approximate surface area is 183 Å². The van der Waals surface area contributed by atoms with Crippen LogP contribution in [0.1, 0.15) is 13.8 Å². The number of hydrogen-bond donors (Lipinski definition) is 1. The number of sulfone groups is 1. The highest BCUT2D eigenvalue weighted by Gasteiger charge is 2.22. The first kappa shape index (κ1) is 21.1. The quantitative estimate of drug-likeness (QED) is 0.655. The molecule has 0 aliphatic carbocycles. The molecule has 1 aromatic heterocycles. The summed E-state index contributed by atoms with van der Waals surface area (Å²) in [5.41, 5.74) is 8.84. The number of rotatable bonds is 5. The molecule has 0 bridgehead atoms. The van der Waals surface area contributed by atoms with Crippen molar-refractivity contribution in [1.29, 1.82) is 0 Å². The maximum atomic E-state index is 12.4. The lowest BCUT2D eigenvalue weighted by atomic mass is 10.1. The first-order chi connectivity index (χ1) is 14.9. The standard InChI is InChI=1S/C23H27N5O2S/c1-17(2)31(29,30)20-10-8-18(9-11-20)21-16-25-22(24)23(26-21)28-14-12-27(13-15-28)19-6-4-3-5-7-19/h3-11,16-17H,12-15H2,1-2H3,(H2,24,25). The van der Waals surface area contributed by atoms with Crippen LogP contribution >= 0.6 is 0 Å². The number of nitrogens with zero attached hydrogens (tertiary/aromatic N) is 4. The van der Waals surface area contributed by atoms with Crippen molar-refractivity contribution in [2.45, 2.75) is 24.0 Å². The molecule has 31 heavy (non-hydrogen) atoms. The molecular weight excluding hydrogens is 410 g/mol. The van der Waals surface area contributed by atoms with Crippen molar-refractivity contribution in [3.05, 3.63) is 60.8 Å². The highest BCUT2D eigenvalue weighted by molar-refractivity contribution is 7.92. The number of aromatic nitrogens is 2. The number of piperazine rings is 1. The van der Waals surface area contributed by atoms with Crippen molar-refractivity contribution in [2.75, 3.05) is 41.7 Å². The number of benzene rings is 2. The van der Waals surface area contributed by atoms with Crippen molar-refractivity contribution in [3.8, 4) is 11.3 Å². The van der Waals surface area contributed by atoms with Crippen molar-refractivity contribution in [2.24, 2.45) is 0 Å². The highest BCUT2D eigenvalue weighted by atomic mass is 32.2. The lowest BCUT2D eigenvalue weighted by Gasteiger charge is -2.37. The molecule has 8 heteroatoms. The third kappa shape index (κ3) is 4.34. The molecule has 1 fully saturated rings. The predicted molar refractivity (Wildman–Crippen MR) is 125 cm³/mol. The van der Waals surface area contributed by atoms with Gasteiger partial charge in [-0.1, -0.05) is 30.3 Å². The van der Waals surface area contributed by atoms with Gasteiger partial charge in [0.1, 0.15) is 0 Å². The molecule has 0 amide bonds. The van der Waals surface area contributed by atoms with Crippen molar-refractivity contribution >= 4 is 27.2 Å². The molecule has 7 nitrogen and oxygen atoms in total. The van der Waals surface area contributed by atoms with E-state index in [-0.39, 0.29) is 0 Å². The fourth-order valence-electron chi connectivity index (χ4n) is 3.66. The maximum Gasteiger partial charge on any atom is 0.180 e. The van der Waals surface area contributed by atoms with Crippen molar-refractivity contribution in [1.82, 2.24) is 9.97 Å². The fourth-order valence-corrected chi connectivity index (χ4v) is 4.72. The van der Waals surface area contributed by atoms with Crippen LogP contribution < -0.4 is 15.5 Å².